The van der Waals surface area contributed by atoms with Crippen LogP contribution in [-0.2, 0) is 33.8 Å². The molecule has 2 fully saturated rings. The van der Waals surface area contributed by atoms with Crippen molar-refractivity contribution in [3.8, 4) is 23.1 Å². The van der Waals surface area contributed by atoms with Gasteiger partial charge in [0.05, 0.1) is 41.1 Å². The minimum absolute atomic E-state index is 0.117. The molecule has 3 aromatic rings. The van der Waals surface area contributed by atoms with E-state index >= 15 is 0 Å². The van der Waals surface area contributed by atoms with Gasteiger partial charge in [0.15, 0.2) is 0 Å². The Hall–Kier alpha value is -3.92. The summed E-state index contributed by atoms with van der Waals surface area (Å²) < 4.78 is 7.62. The van der Waals surface area contributed by atoms with Crippen LogP contribution in [0.5, 0.6) is 0 Å². The molecule has 0 aliphatic carbocycles. The number of amides is 3. The Morgan fingerprint density at radius 1 is 1.00 bits per heavy atom. The first-order valence-electron chi connectivity index (χ1n) is 16.3. The molecule has 11 nitrogen and oxygen atoms in total. The fourth-order valence-corrected chi connectivity index (χ4v) is 6.83. The number of nitrogens with two attached hydrogens (primary N) is 1. The zero-order valence-corrected chi connectivity index (χ0v) is 28.4. The lowest BCUT2D eigenvalue weighted by Gasteiger charge is -2.33. The van der Waals surface area contributed by atoms with Crippen molar-refractivity contribution in [2.45, 2.75) is 38.9 Å². The average molecular weight is 693 g/mol. The van der Waals surface area contributed by atoms with Crippen molar-refractivity contribution in [3.05, 3.63) is 74.4 Å². The first-order valence-corrected chi connectivity index (χ1v) is 17.1. The molecule has 1 atom stereocenters. The van der Waals surface area contributed by atoms with Crippen molar-refractivity contribution in [1.82, 2.24) is 29.8 Å². The molecule has 2 aromatic carbocycles. The molecule has 2 saturated heterocycles. The summed E-state index contributed by atoms with van der Waals surface area (Å²) in [6.45, 7) is 9.54. The Bertz CT molecular complexity index is 1780. The molecule has 3 amide bonds. The predicted molar refractivity (Wildman–Crippen MR) is 184 cm³/mol. The lowest BCUT2D eigenvalue weighted by Crippen LogP contribution is -2.46. The standard InChI is InChI=1S/C35H39Cl2N7O4/c1-23-22-48-18-17-41(23)12-2-13-44-31-9-14-43(35(47)33(38)45)21-28(31)32(40-44)26-6-8-29(36)25(20-26)5-3-24-4-7-30(37)27(19-24)34(46)42-15-10-39-11-16-42/h4,6-8,19-20,23,39H,2,9-18,21-22H2,1H3,(H2,38,45)/t23-/m0/s1. The molecule has 3 N–H and O–H groups in total. The summed E-state index contributed by atoms with van der Waals surface area (Å²) in [5.74, 6) is 4.52. The van der Waals surface area contributed by atoms with Crippen LogP contribution in [0, 0.1) is 11.8 Å². The molecule has 13 heteroatoms. The number of aryl methyl sites for hydroxylation is 1. The van der Waals surface area contributed by atoms with E-state index in [2.05, 4.69) is 29.0 Å². The van der Waals surface area contributed by atoms with Crippen LogP contribution in [-0.4, -0.2) is 107 Å². The van der Waals surface area contributed by atoms with Crippen LogP contribution in [0.1, 0.15) is 46.1 Å². The van der Waals surface area contributed by atoms with Crippen LogP contribution in [0.3, 0.4) is 0 Å². The zero-order valence-electron chi connectivity index (χ0n) is 26.9. The van der Waals surface area contributed by atoms with Crippen molar-refractivity contribution >= 4 is 40.9 Å². The van der Waals surface area contributed by atoms with Crippen LogP contribution in [0.4, 0.5) is 0 Å². The van der Waals surface area contributed by atoms with Crippen molar-refractivity contribution in [2.75, 3.05) is 59.0 Å². The molecule has 252 valence electrons. The number of ether oxygens (including phenoxy) is 1. The van der Waals surface area contributed by atoms with E-state index in [0.717, 1.165) is 62.6 Å². The molecule has 4 heterocycles. The van der Waals surface area contributed by atoms with Gasteiger partial charge in [-0.2, -0.15) is 5.10 Å². The summed E-state index contributed by atoms with van der Waals surface area (Å²) in [6.07, 6.45) is 1.46. The Kier molecular flexibility index (Phi) is 10.7. The van der Waals surface area contributed by atoms with E-state index in [1.807, 2.05) is 16.8 Å². The number of hydrogen-bond acceptors (Lipinski definition) is 7. The summed E-state index contributed by atoms with van der Waals surface area (Å²) in [4.78, 5) is 43.2. The number of morpholine rings is 1. The predicted octanol–water partition coefficient (Wildman–Crippen LogP) is 2.78. The normalized spacial score (nSPS) is 18.2. The highest BCUT2D eigenvalue weighted by atomic mass is 35.5. The number of carbonyl (C=O) groups is 3. The van der Waals surface area contributed by atoms with Crippen molar-refractivity contribution in [3.63, 3.8) is 0 Å². The average Bonchev–Trinajstić information content (AvgIpc) is 3.46. The maximum Gasteiger partial charge on any atom is 0.311 e. The molecule has 0 unspecified atom stereocenters. The van der Waals surface area contributed by atoms with Crippen LogP contribution < -0.4 is 11.1 Å². The van der Waals surface area contributed by atoms with E-state index in [-0.39, 0.29) is 12.5 Å². The third-order valence-corrected chi connectivity index (χ3v) is 9.79. The van der Waals surface area contributed by atoms with E-state index in [0.29, 0.717) is 71.1 Å². The van der Waals surface area contributed by atoms with E-state index in [1.165, 1.54) is 4.90 Å². The smallest absolute Gasteiger partial charge is 0.311 e. The van der Waals surface area contributed by atoms with Crippen LogP contribution in [0.2, 0.25) is 10.0 Å². The number of fused-ring (bicyclic) bond motifs is 1. The number of piperazine rings is 1. The molecule has 0 saturated carbocycles. The number of rotatable bonds is 6. The van der Waals surface area contributed by atoms with Crippen molar-refractivity contribution < 1.29 is 19.1 Å². The molecule has 6 rings (SSSR count). The Morgan fingerprint density at radius 3 is 2.56 bits per heavy atom. The van der Waals surface area contributed by atoms with Gasteiger partial charge in [-0.15, -0.1) is 0 Å². The van der Waals surface area contributed by atoms with Gasteiger partial charge in [0.25, 0.3) is 5.91 Å². The van der Waals surface area contributed by atoms with Gasteiger partial charge in [-0.3, -0.25) is 24.0 Å². The number of aromatic nitrogens is 2. The third-order valence-electron chi connectivity index (χ3n) is 9.13. The Labute approximate surface area is 290 Å². The lowest BCUT2D eigenvalue weighted by atomic mass is 9.99. The number of carbonyl (C=O) groups excluding carboxylic acids is 3. The summed E-state index contributed by atoms with van der Waals surface area (Å²) in [7, 11) is 0. The molecule has 1 aromatic heterocycles. The third kappa shape index (κ3) is 7.53. The Balaban J connectivity index is 1.28. The van der Waals surface area contributed by atoms with Crippen LogP contribution >= 0.6 is 23.2 Å². The van der Waals surface area contributed by atoms with Crippen molar-refractivity contribution in [2.24, 2.45) is 5.73 Å². The summed E-state index contributed by atoms with van der Waals surface area (Å²) in [6, 6.07) is 11.1. The van der Waals surface area contributed by atoms with Gasteiger partial charge >= 0.3 is 11.8 Å². The first kappa shape index (κ1) is 34.0. The van der Waals surface area contributed by atoms with Crippen LogP contribution in [0.25, 0.3) is 11.3 Å². The van der Waals surface area contributed by atoms with E-state index in [1.54, 1.807) is 29.2 Å². The van der Waals surface area contributed by atoms with Gasteiger partial charge in [0.1, 0.15) is 0 Å². The van der Waals surface area contributed by atoms with Gasteiger partial charge in [-0.05, 0) is 43.7 Å². The fraction of sp³-hybridized carbons (Fsp3) is 0.429. The van der Waals surface area contributed by atoms with Gasteiger partial charge in [0, 0.05) is 92.8 Å². The monoisotopic (exact) mass is 691 g/mol. The number of halogens is 2. The second-order valence-electron chi connectivity index (χ2n) is 12.3. The summed E-state index contributed by atoms with van der Waals surface area (Å²) in [5, 5.41) is 9.14. The van der Waals surface area contributed by atoms with Gasteiger partial charge in [0.2, 0.25) is 0 Å². The molecular weight excluding hydrogens is 653 g/mol. The maximum absolute atomic E-state index is 13.2. The van der Waals surface area contributed by atoms with E-state index in [9.17, 15) is 14.4 Å². The largest absolute Gasteiger partial charge is 0.379 e. The SMILES string of the molecule is C[C@H]1COCCN1CCCn1nc(-c2ccc(Cl)c(C#Cc3ccc(Cl)c(C(=O)N4CCNCC4)c3)c2)c2c1CCN(C(=O)C(N)=O)C2. The van der Waals surface area contributed by atoms with Gasteiger partial charge < -0.3 is 25.6 Å². The molecule has 0 bridgehead atoms. The van der Waals surface area contributed by atoms with Gasteiger partial charge in [-0.1, -0.05) is 41.1 Å². The minimum Gasteiger partial charge on any atom is -0.379 e. The highest BCUT2D eigenvalue weighted by molar-refractivity contribution is 6.34. The molecule has 3 aliphatic rings. The number of benzene rings is 2. The fourth-order valence-electron chi connectivity index (χ4n) is 6.47. The topological polar surface area (TPSA) is 126 Å². The molecular formula is C35H39Cl2N7O4. The number of nitrogens with one attached hydrogen (secondary N) is 1. The minimum atomic E-state index is -0.976. The number of primary amides is 1. The van der Waals surface area contributed by atoms with Crippen molar-refractivity contribution in [1.29, 1.82) is 0 Å². The second kappa shape index (κ2) is 15.1. The Morgan fingerprint density at radius 2 is 1.79 bits per heavy atom. The number of hydrogen-bond donors (Lipinski definition) is 2. The quantitative estimate of drug-likeness (QED) is 0.301. The summed E-state index contributed by atoms with van der Waals surface area (Å²) in [5.41, 5.74) is 10.4. The molecule has 3 aliphatic heterocycles. The zero-order chi connectivity index (χ0) is 33.8. The highest BCUT2D eigenvalue weighted by Crippen LogP contribution is 2.32. The second-order valence-corrected chi connectivity index (χ2v) is 13.1. The van der Waals surface area contributed by atoms with E-state index in [4.69, 9.17) is 38.8 Å². The van der Waals surface area contributed by atoms with E-state index < -0.39 is 11.8 Å². The first-order chi connectivity index (χ1) is 23.2. The van der Waals surface area contributed by atoms with Gasteiger partial charge in [-0.25, -0.2) is 0 Å². The molecule has 48 heavy (non-hydrogen) atoms. The maximum atomic E-state index is 13.2. The highest BCUT2D eigenvalue weighted by Gasteiger charge is 2.30. The van der Waals surface area contributed by atoms with Crippen LogP contribution in [0.15, 0.2) is 36.4 Å². The summed E-state index contributed by atoms with van der Waals surface area (Å²) >= 11 is 13.1. The number of nitrogens with zero attached hydrogens (tertiary/aromatic N) is 5. The molecule has 0 spiro atoms. The molecule has 0 radical (unpaired) electrons. The lowest BCUT2D eigenvalue weighted by molar-refractivity contribution is -0.144.